The van der Waals surface area contributed by atoms with Crippen molar-refractivity contribution in [2.75, 3.05) is 6.61 Å². The number of hydrogen-bond acceptors (Lipinski definition) is 4. The van der Waals surface area contributed by atoms with E-state index >= 15 is 0 Å². The first-order valence-electron chi connectivity index (χ1n) is 4.23. The van der Waals surface area contributed by atoms with Gasteiger partial charge in [-0.05, 0) is 23.7 Å². The van der Waals surface area contributed by atoms with Gasteiger partial charge < -0.3 is 4.43 Å². The van der Waals surface area contributed by atoms with Gasteiger partial charge in [0.1, 0.15) is 0 Å². The first-order chi connectivity index (χ1) is 5.97. The molecule has 1 unspecified atom stereocenters. The van der Waals surface area contributed by atoms with Gasteiger partial charge in [-0.1, -0.05) is 6.42 Å². The monoisotopic (exact) mass is 181 g/mol. The van der Waals surface area contributed by atoms with Crippen LogP contribution in [0.3, 0.4) is 0 Å². The van der Waals surface area contributed by atoms with E-state index in [4.69, 9.17) is 4.43 Å². The van der Waals surface area contributed by atoms with E-state index in [9.17, 15) is 0 Å². The molecule has 0 N–H and O–H groups in total. The van der Waals surface area contributed by atoms with Crippen LogP contribution in [0.25, 0.3) is 0 Å². The van der Waals surface area contributed by atoms with Crippen LogP contribution in [0.2, 0.25) is 6.04 Å². The van der Waals surface area contributed by atoms with Gasteiger partial charge in [-0.3, -0.25) is 0 Å². The minimum Gasteiger partial charge on any atom is -0.414 e. The molecule has 1 aromatic rings. The zero-order valence-electron chi connectivity index (χ0n) is 6.81. The molecule has 1 atom stereocenters. The van der Waals surface area contributed by atoms with Gasteiger partial charge in [0.25, 0.3) is 0 Å². The van der Waals surface area contributed by atoms with Gasteiger partial charge in [0.2, 0.25) is 9.04 Å². The van der Waals surface area contributed by atoms with Gasteiger partial charge in [-0.2, -0.15) is 0 Å². The minimum atomic E-state index is -1.20. The van der Waals surface area contributed by atoms with Gasteiger partial charge in [0.15, 0.2) is 0 Å². The van der Waals surface area contributed by atoms with E-state index in [1.54, 1.807) is 6.20 Å². The molecular formula is C7H11N3OSi. The Morgan fingerprint density at radius 2 is 2.42 bits per heavy atom. The Balaban J connectivity index is 2.08. The Morgan fingerprint density at radius 3 is 3.08 bits per heavy atom. The van der Waals surface area contributed by atoms with Crippen LogP contribution >= 0.6 is 0 Å². The van der Waals surface area contributed by atoms with Gasteiger partial charge in [0, 0.05) is 6.61 Å². The Kier molecular flexibility index (Phi) is 2.43. The minimum absolute atomic E-state index is 0.904. The quantitative estimate of drug-likeness (QED) is 0.554. The maximum absolute atomic E-state index is 5.67. The molecule has 1 saturated heterocycles. The fourth-order valence-electron chi connectivity index (χ4n) is 1.40. The molecule has 0 spiro atoms. The van der Waals surface area contributed by atoms with E-state index in [1.165, 1.54) is 18.9 Å². The second-order valence-corrected chi connectivity index (χ2v) is 5.38. The van der Waals surface area contributed by atoms with Crippen LogP contribution in [-0.2, 0) is 4.43 Å². The van der Waals surface area contributed by atoms with Crippen LogP contribution < -0.4 is 5.32 Å². The molecule has 1 aromatic heterocycles. The molecule has 0 bridgehead atoms. The lowest BCUT2D eigenvalue weighted by atomic mass is 10.4. The lowest BCUT2D eigenvalue weighted by Crippen LogP contribution is -2.38. The lowest BCUT2D eigenvalue weighted by molar-refractivity contribution is 0.294. The van der Waals surface area contributed by atoms with E-state index in [0.29, 0.717) is 0 Å². The highest BCUT2D eigenvalue weighted by Crippen LogP contribution is 2.09. The molecule has 4 nitrogen and oxygen atoms in total. The molecule has 2 heterocycles. The summed E-state index contributed by atoms with van der Waals surface area (Å²) in [6, 6.07) is 3.12. The number of aromatic nitrogens is 3. The molecule has 12 heavy (non-hydrogen) atoms. The maximum atomic E-state index is 5.67. The van der Waals surface area contributed by atoms with E-state index < -0.39 is 9.04 Å². The molecule has 0 amide bonds. The van der Waals surface area contributed by atoms with E-state index in [1.807, 2.05) is 6.07 Å². The Morgan fingerprint density at radius 1 is 1.42 bits per heavy atom. The Hall–Kier alpha value is -0.813. The summed E-state index contributed by atoms with van der Waals surface area (Å²) in [6.45, 7) is 0.904. The third kappa shape index (κ3) is 1.67. The van der Waals surface area contributed by atoms with Crippen molar-refractivity contribution < 1.29 is 4.43 Å². The number of nitrogens with zero attached hydrogens (tertiary/aromatic N) is 3. The van der Waals surface area contributed by atoms with Crippen LogP contribution in [0.4, 0.5) is 0 Å². The summed E-state index contributed by atoms with van der Waals surface area (Å²) >= 11 is 0. The van der Waals surface area contributed by atoms with Gasteiger partial charge in [-0.25, -0.2) is 0 Å². The van der Waals surface area contributed by atoms with E-state index in [0.717, 1.165) is 11.9 Å². The highest BCUT2D eigenvalue weighted by atomic mass is 28.3. The molecular weight excluding hydrogens is 170 g/mol. The third-order valence-electron chi connectivity index (χ3n) is 2.03. The normalized spacial score (nSPS) is 23.8. The molecule has 0 radical (unpaired) electrons. The summed E-state index contributed by atoms with van der Waals surface area (Å²) < 4.78 is 5.67. The zero-order chi connectivity index (χ0) is 8.23. The first-order valence-corrected chi connectivity index (χ1v) is 6.09. The smallest absolute Gasteiger partial charge is 0.230 e. The van der Waals surface area contributed by atoms with Gasteiger partial charge >= 0.3 is 0 Å². The summed E-state index contributed by atoms with van der Waals surface area (Å²) in [7, 11) is -1.20. The molecule has 1 aliphatic heterocycles. The molecule has 2 rings (SSSR count). The van der Waals surface area contributed by atoms with Crippen molar-refractivity contribution in [1.29, 1.82) is 0 Å². The molecule has 0 aliphatic carbocycles. The summed E-state index contributed by atoms with van der Waals surface area (Å²) in [5.74, 6) is 0. The number of hydrogen-bond donors (Lipinski definition) is 0. The summed E-state index contributed by atoms with van der Waals surface area (Å²) in [5, 5.41) is 12.3. The van der Waals surface area contributed by atoms with E-state index in [-0.39, 0.29) is 0 Å². The predicted molar refractivity (Wildman–Crippen MR) is 46.6 cm³/mol. The standard InChI is InChI=1S/C7H11N3OSi/c1-2-6-12(11-5-1)7-3-4-8-10-9-7/h3-4,12H,1-2,5-6H2. The second kappa shape index (κ2) is 3.73. The number of rotatable bonds is 1. The lowest BCUT2D eigenvalue weighted by Gasteiger charge is -2.19. The molecule has 1 fully saturated rings. The highest BCUT2D eigenvalue weighted by molar-refractivity contribution is 6.66. The average molecular weight is 181 g/mol. The van der Waals surface area contributed by atoms with Crippen LogP contribution in [0.5, 0.6) is 0 Å². The van der Waals surface area contributed by atoms with Crippen LogP contribution in [0, 0.1) is 0 Å². The molecule has 0 saturated carbocycles. The summed E-state index contributed by atoms with van der Waals surface area (Å²) in [5.41, 5.74) is 0. The third-order valence-corrected chi connectivity index (χ3v) is 4.57. The fourth-order valence-corrected chi connectivity index (χ4v) is 3.62. The SMILES string of the molecule is c1cc([SiH]2CCCCO2)nnn1. The van der Waals surface area contributed by atoms with Crippen LogP contribution in [0.1, 0.15) is 12.8 Å². The topological polar surface area (TPSA) is 47.9 Å². The second-order valence-electron chi connectivity index (χ2n) is 2.90. The largest absolute Gasteiger partial charge is 0.414 e. The van der Waals surface area contributed by atoms with Crippen molar-refractivity contribution in [2.45, 2.75) is 18.9 Å². The van der Waals surface area contributed by atoms with Crippen LogP contribution in [0.15, 0.2) is 12.3 Å². The van der Waals surface area contributed by atoms with Crippen molar-refractivity contribution in [1.82, 2.24) is 15.4 Å². The van der Waals surface area contributed by atoms with Crippen molar-refractivity contribution in [2.24, 2.45) is 0 Å². The molecule has 1 aliphatic rings. The molecule has 64 valence electrons. The highest BCUT2D eigenvalue weighted by Gasteiger charge is 2.19. The van der Waals surface area contributed by atoms with Crippen LogP contribution in [-0.4, -0.2) is 31.1 Å². The summed E-state index contributed by atoms with van der Waals surface area (Å²) in [6.07, 6.45) is 4.16. The van der Waals surface area contributed by atoms with E-state index in [2.05, 4.69) is 15.4 Å². The Bertz CT molecular complexity index is 238. The van der Waals surface area contributed by atoms with Gasteiger partial charge in [0.05, 0.1) is 11.5 Å². The van der Waals surface area contributed by atoms with Crippen molar-refractivity contribution in [3.8, 4) is 0 Å². The van der Waals surface area contributed by atoms with Crippen molar-refractivity contribution in [3.05, 3.63) is 12.3 Å². The first kappa shape index (κ1) is 7.82. The molecule has 5 heteroatoms. The van der Waals surface area contributed by atoms with Gasteiger partial charge in [-0.15, -0.1) is 10.2 Å². The molecule has 0 aromatic carbocycles. The predicted octanol–water partition coefficient (Wildman–Crippen LogP) is -0.387. The summed E-state index contributed by atoms with van der Waals surface area (Å²) in [4.78, 5) is 0. The maximum Gasteiger partial charge on any atom is 0.230 e. The Labute approximate surface area is 72.7 Å². The average Bonchev–Trinajstić information content (AvgIpc) is 2.21. The van der Waals surface area contributed by atoms with Crippen molar-refractivity contribution >= 4 is 14.4 Å². The van der Waals surface area contributed by atoms with Crippen molar-refractivity contribution in [3.63, 3.8) is 0 Å². The zero-order valence-corrected chi connectivity index (χ0v) is 7.97. The fraction of sp³-hybridized carbons (Fsp3) is 0.571.